The summed E-state index contributed by atoms with van der Waals surface area (Å²) < 4.78 is 10.4. The van der Waals surface area contributed by atoms with E-state index in [0.717, 1.165) is 4.90 Å². The van der Waals surface area contributed by atoms with E-state index in [1.165, 1.54) is 4.90 Å². The van der Waals surface area contributed by atoms with E-state index < -0.39 is 6.04 Å². The van der Waals surface area contributed by atoms with Crippen LogP contribution in [-0.2, 0) is 14.3 Å². The van der Waals surface area contributed by atoms with Crippen LogP contribution in [0.15, 0.2) is 24.3 Å². The molecule has 2 saturated heterocycles. The molecule has 3 amide bonds. The number of benzene rings is 1. The number of rotatable bonds is 5. The molecule has 8 nitrogen and oxygen atoms in total. The van der Waals surface area contributed by atoms with Crippen LogP contribution in [0.3, 0.4) is 0 Å². The van der Waals surface area contributed by atoms with Gasteiger partial charge in [0.2, 0.25) is 5.91 Å². The Morgan fingerprint density at radius 3 is 2.37 bits per heavy atom. The highest BCUT2D eigenvalue weighted by Gasteiger charge is 2.46. The lowest BCUT2D eigenvalue weighted by atomic mass is 10.2. The van der Waals surface area contributed by atoms with E-state index in [9.17, 15) is 14.4 Å². The van der Waals surface area contributed by atoms with Gasteiger partial charge >= 0.3 is 6.09 Å². The van der Waals surface area contributed by atoms with Gasteiger partial charge in [0, 0.05) is 0 Å². The number of ether oxygens (including phenoxy) is 2. The molecule has 1 N–H and O–H groups in total. The van der Waals surface area contributed by atoms with Gasteiger partial charge < -0.3 is 14.4 Å². The Morgan fingerprint density at radius 1 is 1.11 bits per heavy atom. The predicted molar refractivity (Wildman–Crippen MR) is 97.8 cm³/mol. The molecule has 0 radical (unpaired) electrons. The molecular weight excluding hydrogens is 350 g/mol. The summed E-state index contributed by atoms with van der Waals surface area (Å²) in [6, 6.07) is 6.59. The summed E-state index contributed by atoms with van der Waals surface area (Å²) in [5, 5.41) is 0. The van der Waals surface area contributed by atoms with Gasteiger partial charge in [-0.05, 0) is 38.1 Å². The monoisotopic (exact) mass is 376 g/mol. The maximum Gasteiger partial charge on any atom is 0.410 e. The molecule has 1 aromatic carbocycles. The molecule has 0 unspecified atom stereocenters. The molecule has 2 heterocycles. The predicted octanol–water partition coefficient (Wildman–Crippen LogP) is 0.0742. The van der Waals surface area contributed by atoms with Crippen molar-refractivity contribution >= 4 is 23.6 Å². The number of quaternary nitrogens is 1. The second kappa shape index (κ2) is 8.39. The lowest BCUT2D eigenvalue weighted by molar-refractivity contribution is -0.918. The van der Waals surface area contributed by atoms with E-state index in [4.69, 9.17) is 9.47 Å². The first-order chi connectivity index (χ1) is 13.0. The smallest absolute Gasteiger partial charge is 0.410 e. The molecule has 2 aliphatic rings. The number of hydrogen-bond acceptors (Lipinski definition) is 5. The molecule has 0 saturated carbocycles. The Labute approximate surface area is 158 Å². The fourth-order valence-corrected chi connectivity index (χ4v) is 3.62. The summed E-state index contributed by atoms with van der Waals surface area (Å²) in [4.78, 5) is 41.1. The zero-order valence-electron chi connectivity index (χ0n) is 15.8. The number of imide groups is 1. The van der Waals surface area contributed by atoms with E-state index in [-0.39, 0.29) is 24.3 Å². The van der Waals surface area contributed by atoms with Gasteiger partial charge in [-0.2, -0.15) is 0 Å². The average molecular weight is 376 g/mol. The zero-order valence-corrected chi connectivity index (χ0v) is 15.8. The number of nitrogens with one attached hydrogen (secondary N) is 1. The van der Waals surface area contributed by atoms with Gasteiger partial charge in [-0.25, -0.2) is 9.69 Å². The molecular formula is C19H26N3O5+. The maximum atomic E-state index is 12.9. The highest BCUT2D eigenvalue weighted by molar-refractivity contribution is 6.21. The van der Waals surface area contributed by atoms with Crippen molar-refractivity contribution < 1.29 is 28.8 Å². The maximum absolute atomic E-state index is 12.9. The van der Waals surface area contributed by atoms with E-state index in [2.05, 4.69) is 0 Å². The molecule has 0 spiro atoms. The molecule has 1 atom stereocenters. The van der Waals surface area contributed by atoms with Gasteiger partial charge in [0.15, 0.2) is 6.04 Å². The lowest BCUT2D eigenvalue weighted by Gasteiger charge is -2.33. The van der Waals surface area contributed by atoms with Crippen molar-refractivity contribution in [1.29, 1.82) is 0 Å². The van der Waals surface area contributed by atoms with Crippen LogP contribution in [0.2, 0.25) is 0 Å². The minimum Gasteiger partial charge on any atom is -0.494 e. The van der Waals surface area contributed by atoms with Crippen molar-refractivity contribution in [2.75, 3.05) is 44.3 Å². The van der Waals surface area contributed by atoms with Gasteiger partial charge in [-0.3, -0.25) is 14.5 Å². The van der Waals surface area contributed by atoms with Crippen molar-refractivity contribution in [1.82, 2.24) is 4.90 Å². The summed E-state index contributed by atoms with van der Waals surface area (Å²) in [7, 11) is 0. The molecule has 146 valence electrons. The summed E-state index contributed by atoms with van der Waals surface area (Å²) in [5.74, 6) is 0.343. The third-order valence-corrected chi connectivity index (χ3v) is 4.98. The van der Waals surface area contributed by atoms with Crippen molar-refractivity contribution in [3.63, 3.8) is 0 Å². The fourth-order valence-electron chi connectivity index (χ4n) is 3.62. The second-order valence-electron chi connectivity index (χ2n) is 6.60. The number of amides is 3. The van der Waals surface area contributed by atoms with Crippen LogP contribution in [0.4, 0.5) is 10.5 Å². The van der Waals surface area contributed by atoms with E-state index in [1.54, 1.807) is 36.1 Å². The van der Waals surface area contributed by atoms with Crippen LogP contribution < -0.4 is 14.5 Å². The number of nitrogens with zero attached hydrogens (tertiary/aromatic N) is 2. The number of piperazine rings is 1. The van der Waals surface area contributed by atoms with E-state index in [0.29, 0.717) is 50.8 Å². The zero-order chi connectivity index (χ0) is 19.4. The minimum absolute atomic E-state index is 0.177. The third-order valence-electron chi connectivity index (χ3n) is 4.98. The minimum atomic E-state index is -0.395. The van der Waals surface area contributed by atoms with Gasteiger partial charge in [0.1, 0.15) is 5.75 Å². The van der Waals surface area contributed by atoms with Crippen LogP contribution >= 0.6 is 0 Å². The number of hydrogen-bond donors (Lipinski definition) is 1. The van der Waals surface area contributed by atoms with Crippen molar-refractivity contribution in [3.05, 3.63) is 24.3 Å². The summed E-state index contributed by atoms with van der Waals surface area (Å²) in [5.41, 5.74) is 0.570. The number of carbonyl (C=O) groups excluding carboxylic acids is 3. The van der Waals surface area contributed by atoms with Gasteiger partial charge in [-0.15, -0.1) is 0 Å². The lowest BCUT2D eigenvalue weighted by Crippen LogP contribution is -3.19. The Bertz CT molecular complexity index is 698. The SMILES string of the molecule is CCOC(=O)N1CC[NH+]([C@@H]2CC(=O)N(c3ccc(OCC)cc3)C2=O)CC1. The Hall–Kier alpha value is -2.61. The van der Waals surface area contributed by atoms with Gasteiger partial charge in [0.25, 0.3) is 5.91 Å². The molecule has 0 aromatic heterocycles. The van der Waals surface area contributed by atoms with Gasteiger partial charge in [-0.1, -0.05) is 0 Å². The van der Waals surface area contributed by atoms with Crippen molar-refractivity contribution in [2.45, 2.75) is 26.3 Å². The topological polar surface area (TPSA) is 80.6 Å². The molecule has 2 fully saturated rings. The van der Waals surface area contributed by atoms with Crippen LogP contribution in [-0.4, -0.2) is 68.2 Å². The van der Waals surface area contributed by atoms with Crippen LogP contribution in [0.5, 0.6) is 5.75 Å². The number of carbonyl (C=O) groups is 3. The standard InChI is InChI=1S/C19H25N3O5/c1-3-26-15-7-5-14(6-8-15)22-17(23)13-16(18(22)24)20-9-11-21(12-10-20)19(25)27-4-2/h5-8,16H,3-4,9-13H2,1-2H3/p+1/t16-/m1/s1. The van der Waals surface area contributed by atoms with E-state index in [1.807, 2.05) is 6.92 Å². The first-order valence-corrected chi connectivity index (χ1v) is 9.41. The van der Waals surface area contributed by atoms with Crippen LogP contribution in [0, 0.1) is 0 Å². The first kappa shape index (κ1) is 19.2. The third kappa shape index (κ3) is 4.05. The normalized spacial score (nSPS) is 20.9. The highest BCUT2D eigenvalue weighted by atomic mass is 16.6. The quantitative estimate of drug-likeness (QED) is 0.736. The van der Waals surface area contributed by atoms with Crippen LogP contribution in [0.1, 0.15) is 20.3 Å². The molecule has 0 bridgehead atoms. The summed E-state index contributed by atoms with van der Waals surface area (Å²) in [6.45, 7) is 6.88. The Morgan fingerprint density at radius 2 is 1.78 bits per heavy atom. The van der Waals surface area contributed by atoms with Crippen molar-refractivity contribution in [3.8, 4) is 5.75 Å². The second-order valence-corrected chi connectivity index (χ2v) is 6.60. The molecule has 0 aliphatic carbocycles. The Kier molecular flexibility index (Phi) is 5.95. The largest absolute Gasteiger partial charge is 0.494 e. The molecule has 2 aliphatic heterocycles. The molecule has 3 rings (SSSR count). The summed E-state index contributed by atoms with van der Waals surface area (Å²) >= 11 is 0. The Balaban J connectivity index is 1.63. The van der Waals surface area contributed by atoms with Gasteiger partial charge in [0.05, 0.1) is 51.5 Å². The van der Waals surface area contributed by atoms with Crippen LogP contribution in [0.25, 0.3) is 0 Å². The fraction of sp³-hybridized carbons (Fsp3) is 0.526. The first-order valence-electron chi connectivity index (χ1n) is 9.41. The molecule has 8 heteroatoms. The van der Waals surface area contributed by atoms with E-state index >= 15 is 0 Å². The highest BCUT2D eigenvalue weighted by Crippen LogP contribution is 2.24. The molecule has 27 heavy (non-hydrogen) atoms. The molecule has 1 aromatic rings. The van der Waals surface area contributed by atoms with Crippen molar-refractivity contribution in [2.24, 2.45) is 0 Å². The summed E-state index contributed by atoms with van der Waals surface area (Å²) in [6.07, 6.45) is -0.123. The number of anilines is 1. The average Bonchev–Trinajstić information content (AvgIpc) is 2.97.